The van der Waals surface area contributed by atoms with Gasteiger partial charge in [0, 0.05) is 13.1 Å². The highest BCUT2D eigenvalue weighted by atomic mass is 32.2. The van der Waals surface area contributed by atoms with E-state index in [0.29, 0.717) is 37.6 Å². The lowest BCUT2D eigenvalue weighted by Gasteiger charge is -2.26. The molecule has 0 spiro atoms. The van der Waals surface area contributed by atoms with Gasteiger partial charge in [-0.25, -0.2) is 13.2 Å². The van der Waals surface area contributed by atoms with Crippen molar-refractivity contribution < 1.29 is 22.7 Å². The molecule has 6 nitrogen and oxygen atoms in total. The number of carbonyl (C=O) groups is 1. The van der Waals surface area contributed by atoms with E-state index in [2.05, 4.69) is 0 Å². The number of esters is 1. The molecule has 7 heteroatoms. The predicted octanol–water partition coefficient (Wildman–Crippen LogP) is 2.49. The Morgan fingerprint density at radius 1 is 1.04 bits per heavy atom. The average Bonchev–Trinajstić information content (AvgIpc) is 2.69. The molecule has 0 radical (unpaired) electrons. The number of aryl methyl sites for hydroxylation is 1. The molecule has 1 fully saturated rings. The summed E-state index contributed by atoms with van der Waals surface area (Å²) < 4.78 is 37.0. The molecule has 1 saturated heterocycles. The van der Waals surface area contributed by atoms with E-state index >= 15 is 0 Å². The fourth-order valence-corrected chi connectivity index (χ4v) is 4.07. The molecule has 0 N–H and O–H groups in total. The zero-order valence-corrected chi connectivity index (χ0v) is 15.4. The Morgan fingerprint density at radius 2 is 1.65 bits per heavy atom. The Labute approximate surface area is 153 Å². The standard InChI is InChI=1S/C19H21NO5S/c1-2-15-3-5-16(6-4-15)19(21)25-17-7-9-18(10-8-17)26(22,23)20-11-13-24-14-12-20/h3-10H,2,11-14H2,1H3. The van der Waals surface area contributed by atoms with Gasteiger partial charge in [0.25, 0.3) is 0 Å². The van der Waals surface area contributed by atoms with Crippen molar-refractivity contribution in [1.29, 1.82) is 0 Å². The SMILES string of the molecule is CCc1ccc(C(=O)Oc2ccc(S(=O)(=O)N3CCOCC3)cc2)cc1. The van der Waals surface area contributed by atoms with Crippen molar-refractivity contribution in [3.8, 4) is 5.75 Å². The van der Waals surface area contributed by atoms with Gasteiger partial charge >= 0.3 is 5.97 Å². The van der Waals surface area contributed by atoms with Crippen molar-refractivity contribution in [1.82, 2.24) is 4.31 Å². The van der Waals surface area contributed by atoms with Crippen molar-refractivity contribution in [2.24, 2.45) is 0 Å². The van der Waals surface area contributed by atoms with Gasteiger partial charge in [-0.1, -0.05) is 19.1 Å². The molecule has 0 unspecified atom stereocenters. The number of ether oxygens (including phenoxy) is 2. The molecule has 0 amide bonds. The van der Waals surface area contributed by atoms with E-state index in [1.54, 1.807) is 12.1 Å². The van der Waals surface area contributed by atoms with Gasteiger partial charge in [0.1, 0.15) is 5.75 Å². The number of sulfonamides is 1. The van der Waals surface area contributed by atoms with Crippen LogP contribution in [0.25, 0.3) is 0 Å². The summed E-state index contributed by atoms with van der Waals surface area (Å²) in [6, 6.07) is 13.1. The maximum Gasteiger partial charge on any atom is 0.343 e. The van der Waals surface area contributed by atoms with Gasteiger partial charge in [-0.05, 0) is 48.4 Å². The fourth-order valence-electron chi connectivity index (χ4n) is 2.66. The Hall–Kier alpha value is -2.22. The van der Waals surface area contributed by atoms with Crippen molar-refractivity contribution >= 4 is 16.0 Å². The molecule has 1 aliphatic rings. The third-order valence-corrected chi connectivity index (χ3v) is 6.15. The predicted molar refractivity (Wildman–Crippen MR) is 96.8 cm³/mol. The van der Waals surface area contributed by atoms with E-state index in [9.17, 15) is 13.2 Å². The summed E-state index contributed by atoms with van der Waals surface area (Å²) in [6.45, 7) is 3.51. The minimum atomic E-state index is -3.55. The highest BCUT2D eigenvalue weighted by molar-refractivity contribution is 7.89. The monoisotopic (exact) mass is 375 g/mol. The Kier molecular flexibility index (Phi) is 5.70. The van der Waals surface area contributed by atoms with Crippen LogP contribution >= 0.6 is 0 Å². The number of rotatable bonds is 5. The smallest absolute Gasteiger partial charge is 0.343 e. The lowest BCUT2D eigenvalue weighted by Crippen LogP contribution is -2.40. The fraction of sp³-hybridized carbons (Fsp3) is 0.316. The van der Waals surface area contributed by atoms with Gasteiger partial charge < -0.3 is 9.47 Å². The Bertz CT molecular complexity index is 854. The number of carbonyl (C=O) groups excluding carboxylic acids is 1. The summed E-state index contributed by atoms with van der Waals surface area (Å²) in [6.07, 6.45) is 0.897. The lowest BCUT2D eigenvalue weighted by molar-refractivity contribution is 0.0728. The van der Waals surface area contributed by atoms with Crippen LogP contribution in [0.3, 0.4) is 0 Å². The summed E-state index contributed by atoms with van der Waals surface area (Å²) in [5.41, 5.74) is 1.59. The van der Waals surface area contributed by atoms with E-state index < -0.39 is 16.0 Å². The van der Waals surface area contributed by atoms with Crippen LogP contribution < -0.4 is 4.74 Å². The summed E-state index contributed by atoms with van der Waals surface area (Å²) >= 11 is 0. The number of morpholine rings is 1. The van der Waals surface area contributed by atoms with Crippen LogP contribution in [-0.2, 0) is 21.2 Å². The molecular weight excluding hydrogens is 354 g/mol. The molecule has 2 aromatic carbocycles. The first-order chi connectivity index (χ1) is 12.5. The second-order valence-electron chi connectivity index (χ2n) is 5.93. The molecule has 0 atom stereocenters. The maximum atomic E-state index is 12.6. The molecule has 1 aliphatic heterocycles. The molecule has 0 saturated carbocycles. The maximum absolute atomic E-state index is 12.6. The summed E-state index contributed by atoms with van der Waals surface area (Å²) in [4.78, 5) is 12.4. The number of hydrogen-bond donors (Lipinski definition) is 0. The van der Waals surface area contributed by atoms with Crippen molar-refractivity contribution in [3.63, 3.8) is 0 Å². The molecule has 138 valence electrons. The zero-order chi connectivity index (χ0) is 18.6. The zero-order valence-electron chi connectivity index (χ0n) is 14.6. The van der Waals surface area contributed by atoms with E-state index in [1.165, 1.54) is 28.6 Å². The van der Waals surface area contributed by atoms with Crippen molar-refractivity contribution in [2.75, 3.05) is 26.3 Å². The second-order valence-corrected chi connectivity index (χ2v) is 7.87. The van der Waals surface area contributed by atoms with Gasteiger partial charge in [0.15, 0.2) is 0 Å². The highest BCUT2D eigenvalue weighted by Crippen LogP contribution is 2.21. The largest absolute Gasteiger partial charge is 0.423 e. The number of nitrogens with zero attached hydrogens (tertiary/aromatic N) is 1. The first kappa shape index (κ1) is 18.6. The lowest BCUT2D eigenvalue weighted by atomic mass is 10.1. The molecular formula is C19H21NO5S. The van der Waals surface area contributed by atoms with Crippen LogP contribution in [0.15, 0.2) is 53.4 Å². The highest BCUT2D eigenvalue weighted by Gasteiger charge is 2.26. The summed E-state index contributed by atoms with van der Waals surface area (Å²) in [5.74, 6) is -0.174. The second kappa shape index (κ2) is 7.99. The topological polar surface area (TPSA) is 72.9 Å². The molecule has 3 rings (SSSR count). The van der Waals surface area contributed by atoms with E-state index in [-0.39, 0.29) is 4.90 Å². The third kappa shape index (κ3) is 4.12. The van der Waals surface area contributed by atoms with Gasteiger partial charge in [-0.2, -0.15) is 4.31 Å². The van der Waals surface area contributed by atoms with E-state index in [1.807, 2.05) is 19.1 Å². The minimum Gasteiger partial charge on any atom is -0.423 e. The first-order valence-corrected chi connectivity index (χ1v) is 9.94. The molecule has 26 heavy (non-hydrogen) atoms. The molecule has 0 aromatic heterocycles. The normalized spacial score (nSPS) is 15.6. The van der Waals surface area contributed by atoms with Crippen molar-refractivity contribution in [2.45, 2.75) is 18.2 Å². The van der Waals surface area contributed by atoms with Gasteiger partial charge in [0.2, 0.25) is 10.0 Å². The van der Waals surface area contributed by atoms with Crippen LogP contribution in [0, 0.1) is 0 Å². The third-order valence-electron chi connectivity index (χ3n) is 4.24. The Morgan fingerprint density at radius 3 is 2.23 bits per heavy atom. The molecule has 0 aliphatic carbocycles. The van der Waals surface area contributed by atoms with Gasteiger partial charge in [-0.15, -0.1) is 0 Å². The van der Waals surface area contributed by atoms with Crippen LogP contribution in [0.1, 0.15) is 22.8 Å². The first-order valence-electron chi connectivity index (χ1n) is 8.50. The number of benzene rings is 2. The van der Waals surface area contributed by atoms with Crippen LogP contribution in [0.2, 0.25) is 0 Å². The van der Waals surface area contributed by atoms with Crippen LogP contribution in [-0.4, -0.2) is 45.0 Å². The summed E-state index contributed by atoms with van der Waals surface area (Å²) in [5, 5.41) is 0. The molecule has 2 aromatic rings. The van der Waals surface area contributed by atoms with E-state index in [0.717, 1.165) is 12.0 Å². The summed E-state index contributed by atoms with van der Waals surface area (Å²) in [7, 11) is -3.55. The van der Waals surface area contributed by atoms with Crippen LogP contribution in [0.5, 0.6) is 5.75 Å². The molecule has 1 heterocycles. The van der Waals surface area contributed by atoms with Crippen molar-refractivity contribution in [3.05, 3.63) is 59.7 Å². The minimum absolute atomic E-state index is 0.173. The van der Waals surface area contributed by atoms with Gasteiger partial charge in [-0.3, -0.25) is 0 Å². The molecule has 0 bridgehead atoms. The number of hydrogen-bond acceptors (Lipinski definition) is 5. The quantitative estimate of drug-likeness (QED) is 0.593. The average molecular weight is 375 g/mol. The van der Waals surface area contributed by atoms with Crippen LogP contribution in [0.4, 0.5) is 0 Å². The Balaban J connectivity index is 1.69. The van der Waals surface area contributed by atoms with E-state index in [4.69, 9.17) is 9.47 Å². The van der Waals surface area contributed by atoms with Gasteiger partial charge in [0.05, 0.1) is 23.7 Å².